The second-order valence-corrected chi connectivity index (χ2v) is 5.64. The highest BCUT2D eigenvalue weighted by Gasteiger charge is 2.14. The number of hydrogen-bond donors (Lipinski definition) is 3. The summed E-state index contributed by atoms with van der Waals surface area (Å²) in [6, 6.07) is -0.654. The molecule has 0 radical (unpaired) electrons. The van der Waals surface area contributed by atoms with Gasteiger partial charge >= 0.3 is 0 Å². The van der Waals surface area contributed by atoms with Gasteiger partial charge in [0, 0.05) is 6.26 Å². The van der Waals surface area contributed by atoms with Crippen molar-refractivity contribution in [1.29, 1.82) is 0 Å². The number of hydrogen-bond acceptors (Lipinski definition) is 5. The molecule has 0 aromatic carbocycles. The second kappa shape index (κ2) is 6.76. The molecule has 1 atom stereocenters. The zero-order valence-electron chi connectivity index (χ0n) is 8.90. The largest absolute Gasteiger partial charge is 0.341 e. The number of amides is 1. The van der Waals surface area contributed by atoms with Crippen molar-refractivity contribution < 1.29 is 13.2 Å². The van der Waals surface area contributed by atoms with Crippen LogP contribution in [0.4, 0.5) is 0 Å². The van der Waals surface area contributed by atoms with Gasteiger partial charge in [-0.25, -0.2) is 8.42 Å². The van der Waals surface area contributed by atoms with Crippen molar-refractivity contribution in [3.63, 3.8) is 0 Å². The van der Waals surface area contributed by atoms with Crippen LogP contribution in [-0.4, -0.2) is 39.0 Å². The maximum absolute atomic E-state index is 11.3. The summed E-state index contributed by atoms with van der Waals surface area (Å²) in [6.45, 7) is 0.567. The van der Waals surface area contributed by atoms with E-state index in [0.29, 0.717) is 13.0 Å². The summed E-state index contributed by atoms with van der Waals surface area (Å²) in [6.07, 6.45) is 3.15. The topological polar surface area (TPSA) is 115 Å². The molecule has 0 rings (SSSR count). The van der Waals surface area contributed by atoms with Gasteiger partial charge in [-0.15, -0.1) is 0 Å². The summed E-state index contributed by atoms with van der Waals surface area (Å²) in [5.41, 5.74) is 10.8. The Morgan fingerprint density at radius 2 is 2.00 bits per heavy atom. The van der Waals surface area contributed by atoms with E-state index >= 15 is 0 Å². The van der Waals surface area contributed by atoms with Crippen LogP contribution in [0.2, 0.25) is 0 Å². The van der Waals surface area contributed by atoms with Crippen molar-refractivity contribution in [2.24, 2.45) is 11.5 Å². The lowest BCUT2D eigenvalue weighted by molar-refractivity contribution is -0.122. The Balaban J connectivity index is 3.79. The Bertz CT molecular complexity index is 290. The Morgan fingerprint density at radius 1 is 1.40 bits per heavy atom. The maximum Gasteiger partial charge on any atom is 0.237 e. The zero-order chi connectivity index (χ0) is 11.9. The van der Waals surface area contributed by atoms with E-state index in [1.54, 1.807) is 0 Å². The minimum atomic E-state index is -3.19. The van der Waals surface area contributed by atoms with Crippen molar-refractivity contribution >= 4 is 15.7 Å². The molecule has 0 saturated carbocycles. The van der Waals surface area contributed by atoms with E-state index in [4.69, 9.17) is 11.5 Å². The molecule has 0 aliphatic carbocycles. The molecule has 1 amide bonds. The van der Waals surface area contributed by atoms with Gasteiger partial charge in [-0.1, -0.05) is 6.42 Å². The number of nitrogens with two attached hydrogens (primary N) is 2. The first kappa shape index (κ1) is 14.3. The van der Waals surface area contributed by atoms with Gasteiger partial charge in [0.05, 0.1) is 6.04 Å². The molecule has 0 aliphatic rings. The molecule has 0 bridgehead atoms. The van der Waals surface area contributed by atoms with Gasteiger partial charge in [0.2, 0.25) is 5.91 Å². The predicted octanol–water partition coefficient (Wildman–Crippen LogP) is -1.44. The minimum Gasteiger partial charge on any atom is -0.341 e. The van der Waals surface area contributed by atoms with Crippen LogP contribution in [0.3, 0.4) is 0 Å². The average Bonchev–Trinajstić information content (AvgIpc) is 2.13. The van der Waals surface area contributed by atoms with E-state index in [-0.39, 0.29) is 5.88 Å². The number of rotatable bonds is 7. The van der Waals surface area contributed by atoms with E-state index in [0.717, 1.165) is 19.1 Å². The van der Waals surface area contributed by atoms with Crippen LogP contribution in [0, 0.1) is 0 Å². The predicted molar refractivity (Wildman–Crippen MR) is 58.7 cm³/mol. The third kappa shape index (κ3) is 8.34. The van der Waals surface area contributed by atoms with Crippen LogP contribution in [0.15, 0.2) is 0 Å². The Morgan fingerprint density at radius 3 is 2.47 bits per heavy atom. The summed E-state index contributed by atoms with van der Waals surface area (Å²) >= 11 is 0. The van der Waals surface area contributed by atoms with Crippen molar-refractivity contribution in [2.75, 3.05) is 18.7 Å². The highest BCUT2D eigenvalue weighted by atomic mass is 32.2. The normalized spacial score (nSPS) is 13.5. The molecule has 6 nitrogen and oxygen atoms in total. The van der Waals surface area contributed by atoms with Crippen LogP contribution in [0.25, 0.3) is 0 Å². The van der Waals surface area contributed by atoms with Crippen LogP contribution in [-0.2, 0) is 14.6 Å². The number of carbonyl (C=O) groups excluding carboxylic acids is 1. The molecule has 0 spiro atoms. The van der Waals surface area contributed by atoms with Crippen molar-refractivity contribution in [2.45, 2.75) is 25.3 Å². The zero-order valence-corrected chi connectivity index (χ0v) is 9.72. The molecular formula is C8H19N3O3S. The van der Waals surface area contributed by atoms with E-state index in [2.05, 4.69) is 5.32 Å². The third-order valence-electron chi connectivity index (χ3n) is 1.81. The monoisotopic (exact) mass is 237 g/mol. The highest BCUT2D eigenvalue weighted by molar-refractivity contribution is 7.90. The molecule has 0 aromatic rings. The fraction of sp³-hybridized carbons (Fsp3) is 0.875. The van der Waals surface area contributed by atoms with Gasteiger partial charge in [-0.3, -0.25) is 4.79 Å². The molecule has 90 valence electrons. The summed E-state index contributed by atoms with van der Waals surface area (Å²) in [7, 11) is -3.19. The SMILES string of the molecule is CS(=O)(=O)CNC(=O)[C@@H](N)CCCCN. The fourth-order valence-electron chi connectivity index (χ4n) is 0.973. The summed E-state index contributed by atoms with van der Waals surface area (Å²) < 4.78 is 21.5. The molecule has 5 N–H and O–H groups in total. The van der Waals surface area contributed by atoms with E-state index in [1.807, 2.05) is 0 Å². The standard InChI is InChI=1S/C8H19N3O3S/c1-15(13,14)6-11-8(12)7(10)4-2-3-5-9/h7H,2-6,9-10H2,1H3,(H,11,12)/t7-/m0/s1. The van der Waals surface area contributed by atoms with Gasteiger partial charge in [0.15, 0.2) is 9.84 Å². The first-order valence-electron chi connectivity index (χ1n) is 4.78. The number of nitrogens with one attached hydrogen (secondary N) is 1. The molecule has 15 heavy (non-hydrogen) atoms. The van der Waals surface area contributed by atoms with Gasteiger partial charge in [0.1, 0.15) is 5.88 Å². The van der Waals surface area contributed by atoms with Crippen molar-refractivity contribution in [3.8, 4) is 0 Å². The first-order chi connectivity index (χ1) is 6.87. The molecule has 0 aliphatic heterocycles. The highest BCUT2D eigenvalue weighted by Crippen LogP contribution is 1.97. The molecule has 7 heteroatoms. The van der Waals surface area contributed by atoms with Gasteiger partial charge < -0.3 is 16.8 Å². The smallest absolute Gasteiger partial charge is 0.237 e. The molecule has 0 heterocycles. The lowest BCUT2D eigenvalue weighted by Gasteiger charge is -2.10. The third-order valence-corrected chi connectivity index (χ3v) is 2.48. The van der Waals surface area contributed by atoms with Crippen LogP contribution in [0.1, 0.15) is 19.3 Å². The fourth-order valence-corrected chi connectivity index (χ4v) is 1.38. The molecule has 0 aromatic heterocycles. The Kier molecular flexibility index (Phi) is 6.46. The number of unbranched alkanes of at least 4 members (excludes halogenated alkanes) is 1. The summed E-state index contributed by atoms with van der Waals surface area (Å²) in [5, 5.41) is 2.27. The van der Waals surface area contributed by atoms with Crippen LogP contribution >= 0.6 is 0 Å². The molecule has 0 saturated heterocycles. The van der Waals surface area contributed by atoms with Gasteiger partial charge in [-0.05, 0) is 19.4 Å². The van der Waals surface area contributed by atoms with E-state index in [9.17, 15) is 13.2 Å². The second-order valence-electron chi connectivity index (χ2n) is 3.50. The summed E-state index contributed by atoms with van der Waals surface area (Å²) in [5.74, 6) is -0.798. The Labute approximate surface area is 90.3 Å². The number of sulfone groups is 1. The first-order valence-corrected chi connectivity index (χ1v) is 6.84. The van der Waals surface area contributed by atoms with Crippen LogP contribution in [0.5, 0.6) is 0 Å². The molecule has 0 unspecified atom stereocenters. The van der Waals surface area contributed by atoms with Crippen LogP contribution < -0.4 is 16.8 Å². The van der Waals surface area contributed by atoms with Crippen molar-refractivity contribution in [3.05, 3.63) is 0 Å². The maximum atomic E-state index is 11.3. The number of carbonyl (C=O) groups is 1. The van der Waals surface area contributed by atoms with E-state index < -0.39 is 21.8 Å². The Hall–Kier alpha value is -0.660. The average molecular weight is 237 g/mol. The van der Waals surface area contributed by atoms with Gasteiger partial charge in [-0.2, -0.15) is 0 Å². The van der Waals surface area contributed by atoms with Gasteiger partial charge in [0.25, 0.3) is 0 Å². The lowest BCUT2D eigenvalue weighted by atomic mass is 10.1. The van der Waals surface area contributed by atoms with Crippen molar-refractivity contribution in [1.82, 2.24) is 5.32 Å². The molecular weight excluding hydrogens is 218 g/mol. The minimum absolute atomic E-state index is 0.365. The quantitative estimate of drug-likeness (QED) is 0.469. The lowest BCUT2D eigenvalue weighted by Crippen LogP contribution is -2.42. The molecule has 0 fully saturated rings. The van der Waals surface area contributed by atoms with E-state index in [1.165, 1.54) is 0 Å². The summed E-state index contributed by atoms with van der Waals surface area (Å²) in [4.78, 5) is 11.3.